The minimum atomic E-state index is -0.734. The number of hydrogen-bond donors (Lipinski definition) is 0. The zero-order chi connectivity index (χ0) is 17.2. The number of rotatable bonds is 3. The second-order valence-corrected chi connectivity index (χ2v) is 6.49. The van der Waals surface area contributed by atoms with E-state index in [1.54, 1.807) is 12.1 Å². The first-order valence-corrected chi connectivity index (χ1v) is 7.33. The molecule has 5 nitrogen and oxygen atoms in total. The van der Waals surface area contributed by atoms with Crippen LogP contribution >= 0.6 is 11.6 Å². The van der Waals surface area contributed by atoms with Crippen LogP contribution in [0.1, 0.15) is 36.7 Å². The van der Waals surface area contributed by atoms with Crippen LogP contribution in [0, 0.1) is 10.1 Å². The van der Waals surface area contributed by atoms with Gasteiger partial charge in [0.25, 0.3) is 5.69 Å². The van der Waals surface area contributed by atoms with Crippen molar-refractivity contribution in [3.05, 3.63) is 68.7 Å². The molecule has 0 saturated heterocycles. The normalized spacial score (nSPS) is 11.1. The van der Waals surface area contributed by atoms with Gasteiger partial charge in [0.1, 0.15) is 5.75 Å². The van der Waals surface area contributed by atoms with E-state index in [1.165, 1.54) is 12.1 Å². The molecule has 0 bridgehead atoms. The first-order valence-electron chi connectivity index (χ1n) is 6.95. The minimum absolute atomic E-state index is 0.00805. The molecule has 6 heteroatoms. The Morgan fingerprint density at radius 1 is 1.13 bits per heavy atom. The van der Waals surface area contributed by atoms with Gasteiger partial charge in [-0.15, -0.1) is 0 Å². The largest absolute Gasteiger partial charge is 0.423 e. The van der Waals surface area contributed by atoms with Gasteiger partial charge in [-0.05, 0) is 29.2 Å². The first-order chi connectivity index (χ1) is 10.7. The van der Waals surface area contributed by atoms with Crippen LogP contribution in [-0.4, -0.2) is 10.9 Å². The fourth-order valence-corrected chi connectivity index (χ4v) is 2.16. The van der Waals surface area contributed by atoms with Crippen molar-refractivity contribution < 1.29 is 14.5 Å². The van der Waals surface area contributed by atoms with E-state index in [1.807, 2.05) is 12.1 Å². The van der Waals surface area contributed by atoms with E-state index in [0.717, 1.165) is 11.6 Å². The van der Waals surface area contributed by atoms with E-state index in [4.69, 9.17) is 16.3 Å². The van der Waals surface area contributed by atoms with Crippen molar-refractivity contribution in [1.82, 2.24) is 0 Å². The molecule has 0 unspecified atom stereocenters. The van der Waals surface area contributed by atoms with Crippen LogP contribution in [0.4, 0.5) is 5.69 Å². The fourth-order valence-electron chi connectivity index (χ4n) is 1.97. The lowest BCUT2D eigenvalue weighted by Crippen LogP contribution is -2.12. The van der Waals surface area contributed by atoms with E-state index in [-0.39, 0.29) is 21.7 Å². The summed E-state index contributed by atoms with van der Waals surface area (Å²) in [5, 5.41) is 10.9. The van der Waals surface area contributed by atoms with Crippen LogP contribution in [0.5, 0.6) is 5.75 Å². The van der Waals surface area contributed by atoms with Gasteiger partial charge in [0.2, 0.25) is 0 Å². The number of nitrogens with zero attached hydrogens (tertiary/aromatic N) is 1. The van der Waals surface area contributed by atoms with Gasteiger partial charge in [-0.2, -0.15) is 0 Å². The highest BCUT2D eigenvalue weighted by molar-refractivity contribution is 6.33. The zero-order valence-electron chi connectivity index (χ0n) is 13.0. The van der Waals surface area contributed by atoms with Crippen molar-refractivity contribution >= 4 is 23.3 Å². The lowest BCUT2D eigenvalue weighted by atomic mass is 9.87. The van der Waals surface area contributed by atoms with Crippen LogP contribution in [0.2, 0.25) is 5.02 Å². The lowest BCUT2D eigenvalue weighted by Gasteiger charge is -2.19. The molecule has 2 aromatic rings. The Morgan fingerprint density at radius 2 is 1.74 bits per heavy atom. The van der Waals surface area contributed by atoms with Gasteiger partial charge in [-0.25, -0.2) is 4.79 Å². The summed E-state index contributed by atoms with van der Waals surface area (Å²) in [7, 11) is 0. The quantitative estimate of drug-likeness (QED) is 0.351. The summed E-state index contributed by atoms with van der Waals surface area (Å²) in [5.74, 6) is -0.382. The molecule has 0 heterocycles. The second kappa shape index (κ2) is 6.38. The molecule has 0 aliphatic heterocycles. The number of esters is 1. The molecule has 120 valence electrons. The van der Waals surface area contributed by atoms with Crippen LogP contribution in [0.3, 0.4) is 0 Å². The van der Waals surface area contributed by atoms with Crippen LogP contribution in [-0.2, 0) is 5.41 Å². The summed E-state index contributed by atoms with van der Waals surface area (Å²) >= 11 is 5.92. The van der Waals surface area contributed by atoms with Crippen LogP contribution in [0.25, 0.3) is 0 Å². The minimum Gasteiger partial charge on any atom is -0.423 e. The van der Waals surface area contributed by atoms with E-state index in [9.17, 15) is 14.9 Å². The Hall–Kier alpha value is -2.40. The molecular formula is C17H16ClNO4. The third kappa shape index (κ3) is 4.07. The van der Waals surface area contributed by atoms with E-state index in [2.05, 4.69) is 20.8 Å². The average Bonchev–Trinajstić information content (AvgIpc) is 2.47. The Bertz CT molecular complexity index is 748. The van der Waals surface area contributed by atoms with Crippen LogP contribution < -0.4 is 4.74 Å². The fraction of sp³-hybridized carbons (Fsp3) is 0.235. The molecule has 0 aliphatic carbocycles. The van der Waals surface area contributed by atoms with Crippen molar-refractivity contribution in [2.45, 2.75) is 26.2 Å². The van der Waals surface area contributed by atoms with Crippen molar-refractivity contribution in [3.63, 3.8) is 0 Å². The number of carbonyl (C=O) groups is 1. The van der Waals surface area contributed by atoms with Crippen LogP contribution in [0.15, 0.2) is 42.5 Å². The molecule has 0 atom stereocenters. The third-order valence-corrected chi connectivity index (χ3v) is 3.64. The number of carbonyl (C=O) groups excluding carboxylic acids is 1. The Balaban J connectivity index is 2.22. The van der Waals surface area contributed by atoms with E-state index < -0.39 is 10.9 Å². The maximum absolute atomic E-state index is 12.2. The SMILES string of the molecule is CC(C)(C)c1ccc(OC(=O)c2cc([N+](=O)[O-])ccc2Cl)cc1. The first kappa shape index (κ1) is 17.0. The number of non-ortho nitro benzene ring substituents is 1. The van der Waals surface area contributed by atoms with E-state index in [0.29, 0.717) is 5.75 Å². The van der Waals surface area contributed by atoms with Gasteiger partial charge in [-0.1, -0.05) is 44.5 Å². The Morgan fingerprint density at radius 3 is 2.26 bits per heavy atom. The van der Waals surface area contributed by atoms with Crippen molar-refractivity contribution in [2.75, 3.05) is 0 Å². The molecule has 0 amide bonds. The maximum atomic E-state index is 12.2. The highest BCUT2D eigenvalue weighted by atomic mass is 35.5. The highest BCUT2D eigenvalue weighted by Crippen LogP contribution is 2.26. The predicted octanol–water partition coefficient (Wildman–Crippen LogP) is 4.76. The maximum Gasteiger partial charge on any atom is 0.345 e. The van der Waals surface area contributed by atoms with Crippen molar-refractivity contribution in [2.24, 2.45) is 0 Å². The summed E-state index contributed by atoms with van der Waals surface area (Å²) in [4.78, 5) is 22.4. The topological polar surface area (TPSA) is 69.4 Å². The predicted molar refractivity (Wildman–Crippen MR) is 88.2 cm³/mol. The number of benzene rings is 2. The van der Waals surface area contributed by atoms with Gasteiger partial charge in [-0.3, -0.25) is 10.1 Å². The molecule has 0 spiro atoms. The second-order valence-electron chi connectivity index (χ2n) is 6.09. The molecular weight excluding hydrogens is 318 g/mol. The number of nitro groups is 1. The lowest BCUT2D eigenvalue weighted by molar-refractivity contribution is -0.384. The summed E-state index contributed by atoms with van der Waals surface area (Å²) in [6.07, 6.45) is 0. The summed E-state index contributed by atoms with van der Waals surface area (Å²) < 4.78 is 5.24. The summed E-state index contributed by atoms with van der Waals surface area (Å²) in [6, 6.07) is 10.8. The van der Waals surface area contributed by atoms with Gasteiger partial charge in [0.15, 0.2) is 0 Å². The molecule has 0 aromatic heterocycles. The van der Waals surface area contributed by atoms with Gasteiger partial charge in [0, 0.05) is 12.1 Å². The number of hydrogen-bond acceptors (Lipinski definition) is 4. The Kier molecular flexibility index (Phi) is 4.71. The smallest absolute Gasteiger partial charge is 0.345 e. The zero-order valence-corrected chi connectivity index (χ0v) is 13.8. The molecule has 2 rings (SSSR count). The number of halogens is 1. The molecule has 0 fully saturated rings. The summed E-state index contributed by atoms with van der Waals surface area (Å²) in [6.45, 7) is 6.24. The Labute approximate surface area is 139 Å². The third-order valence-electron chi connectivity index (χ3n) is 3.31. The van der Waals surface area contributed by atoms with Crippen molar-refractivity contribution in [3.8, 4) is 5.75 Å². The molecule has 0 N–H and O–H groups in total. The molecule has 0 aliphatic rings. The molecule has 23 heavy (non-hydrogen) atoms. The van der Waals surface area contributed by atoms with Gasteiger partial charge < -0.3 is 4.74 Å². The standard InChI is InChI=1S/C17H16ClNO4/c1-17(2,3)11-4-7-13(8-5-11)23-16(20)14-10-12(19(21)22)6-9-15(14)18/h4-10H,1-3H3. The number of nitro benzene ring substituents is 1. The van der Waals surface area contributed by atoms with Gasteiger partial charge >= 0.3 is 5.97 Å². The highest BCUT2D eigenvalue weighted by Gasteiger charge is 2.18. The van der Waals surface area contributed by atoms with Crippen molar-refractivity contribution in [1.29, 1.82) is 0 Å². The number of ether oxygens (including phenoxy) is 1. The monoisotopic (exact) mass is 333 g/mol. The van der Waals surface area contributed by atoms with E-state index >= 15 is 0 Å². The average molecular weight is 334 g/mol. The molecule has 0 radical (unpaired) electrons. The molecule has 0 saturated carbocycles. The van der Waals surface area contributed by atoms with Gasteiger partial charge in [0.05, 0.1) is 15.5 Å². The molecule has 2 aromatic carbocycles. The summed E-state index contributed by atoms with van der Waals surface area (Å²) in [5.41, 5.74) is 0.835.